The molecule has 7 heteroatoms. The lowest BCUT2D eigenvalue weighted by Crippen LogP contribution is -2.32. The third kappa shape index (κ3) is 17.7. The van der Waals surface area contributed by atoms with Gasteiger partial charge in [0.05, 0.1) is 45.2 Å². The van der Waals surface area contributed by atoms with Crippen LogP contribution in [-0.4, -0.2) is 95.3 Å². The Labute approximate surface area is 115 Å². The summed E-state index contributed by atoms with van der Waals surface area (Å²) < 4.78 is 4.95. The van der Waals surface area contributed by atoms with Crippen LogP contribution in [0.1, 0.15) is 13.8 Å². The molecule has 2 atom stereocenters. The Kier molecular flexibility index (Phi) is 17.5. The molecule has 0 rings (SSSR count). The molecular weight excluding hydrogens is 254 g/mol. The molecule has 0 radical (unpaired) electrons. The molecule has 0 fully saturated rings. The lowest BCUT2D eigenvalue weighted by molar-refractivity contribution is -0.0177. The predicted octanol–water partition coefficient (Wildman–Crippen LogP) is -1.97. The second-order valence-corrected chi connectivity index (χ2v) is 4.19. The van der Waals surface area contributed by atoms with E-state index in [1.165, 1.54) is 0 Å². The van der Waals surface area contributed by atoms with Crippen LogP contribution in [0.2, 0.25) is 0 Å². The zero-order valence-electron chi connectivity index (χ0n) is 11.9. The summed E-state index contributed by atoms with van der Waals surface area (Å²) in [5.41, 5.74) is 0. The van der Waals surface area contributed by atoms with Gasteiger partial charge in [-0.2, -0.15) is 0 Å². The number of nitrogens with zero attached hydrogens (tertiary/aromatic N) is 1. The minimum atomic E-state index is -0.445. The Balaban J connectivity index is 0. The van der Waals surface area contributed by atoms with Crippen LogP contribution in [0.5, 0.6) is 0 Å². The van der Waals surface area contributed by atoms with Gasteiger partial charge >= 0.3 is 0 Å². The number of aliphatic hydroxyl groups is 5. The van der Waals surface area contributed by atoms with E-state index in [2.05, 4.69) is 0 Å². The monoisotopic (exact) mass is 283 g/mol. The quantitative estimate of drug-likeness (QED) is 0.316. The fraction of sp³-hybridized carbons (Fsp3) is 1.00. The van der Waals surface area contributed by atoms with Crippen molar-refractivity contribution >= 4 is 0 Å². The van der Waals surface area contributed by atoms with Gasteiger partial charge in [-0.3, -0.25) is 4.90 Å². The average Bonchev–Trinajstić information content (AvgIpc) is 2.37. The molecule has 5 N–H and O–H groups in total. The van der Waals surface area contributed by atoms with Crippen LogP contribution in [-0.2, 0) is 4.74 Å². The highest BCUT2D eigenvalue weighted by Crippen LogP contribution is 1.90. The summed E-state index contributed by atoms with van der Waals surface area (Å²) >= 11 is 0. The van der Waals surface area contributed by atoms with Gasteiger partial charge in [0.2, 0.25) is 0 Å². The highest BCUT2D eigenvalue weighted by Gasteiger charge is 2.01. The first-order valence-electron chi connectivity index (χ1n) is 6.47. The van der Waals surface area contributed by atoms with Crippen molar-refractivity contribution in [1.82, 2.24) is 4.90 Å². The number of rotatable bonds is 10. The van der Waals surface area contributed by atoms with Crippen molar-refractivity contribution in [2.75, 3.05) is 52.7 Å². The van der Waals surface area contributed by atoms with Crippen molar-refractivity contribution in [2.45, 2.75) is 26.1 Å². The molecule has 0 aliphatic heterocycles. The molecule has 2 unspecified atom stereocenters. The van der Waals surface area contributed by atoms with Gasteiger partial charge in [0.25, 0.3) is 0 Å². The van der Waals surface area contributed by atoms with E-state index in [4.69, 9.17) is 30.3 Å². The zero-order chi connectivity index (χ0) is 15.1. The van der Waals surface area contributed by atoms with Crippen molar-refractivity contribution in [3.8, 4) is 0 Å². The summed E-state index contributed by atoms with van der Waals surface area (Å²) in [5.74, 6) is 0. The van der Waals surface area contributed by atoms with Crippen LogP contribution in [0, 0.1) is 0 Å². The molecule has 0 aromatic rings. The van der Waals surface area contributed by atoms with E-state index < -0.39 is 6.10 Å². The summed E-state index contributed by atoms with van der Waals surface area (Å²) in [6.45, 7) is 5.45. The Morgan fingerprint density at radius 3 is 1.58 bits per heavy atom. The first-order valence-corrected chi connectivity index (χ1v) is 6.47. The molecule has 118 valence electrons. The molecule has 7 nitrogen and oxygen atoms in total. The van der Waals surface area contributed by atoms with Gasteiger partial charge in [0, 0.05) is 19.6 Å². The molecule has 0 saturated carbocycles. The summed E-state index contributed by atoms with van der Waals surface area (Å²) in [7, 11) is 0. The summed E-state index contributed by atoms with van der Waals surface area (Å²) in [4.78, 5) is 1.79. The molecule has 0 heterocycles. The number of aliphatic hydroxyl groups excluding tert-OH is 5. The average molecular weight is 283 g/mol. The molecule has 0 saturated heterocycles. The maximum Gasteiger partial charge on any atom is 0.0779 e. The molecule has 0 aliphatic rings. The van der Waals surface area contributed by atoms with E-state index in [0.29, 0.717) is 26.2 Å². The molecule has 19 heavy (non-hydrogen) atoms. The van der Waals surface area contributed by atoms with Gasteiger partial charge in [0.1, 0.15) is 0 Å². The summed E-state index contributed by atoms with van der Waals surface area (Å²) in [5, 5.41) is 42.6. The van der Waals surface area contributed by atoms with Crippen LogP contribution in [0.15, 0.2) is 0 Å². The van der Waals surface area contributed by atoms with Crippen molar-refractivity contribution in [2.24, 2.45) is 0 Å². The van der Waals surface area contributed by atoms with Gasteiger partial charge in [-0.25, -0.2) is 0 Å². The number of hydrogen-bond acceptors (Lipinski definition) is 7. The lowest BCUT2D eigenvalue weighted by atomic mass is 10.4. The van der Waals surface area contributed by atoms with Crippen LogP contribution >= 0.6 is 0 Å². The first kappa shape index (κ1) is 21.0. The minimum Gasteiger partial charge on any atom is -0.395 e. The fourth-order valence-corrected chi connectivity index (χ4v) is 1.12. The molecule has 0 amide bonds. The third-order valence-electron chi connectivity index (χ3n) is 2.13. The Morgan fingerprint density at radius 1 is 0.895 bits per heavy atom. The van der Waals surface area contributed by atoms with E-state index in [-0.39, 0.29) is 32.5 Å². The van der Waals surface area contributed by atoms with Crippen molar-refractivity contribution in [3.05, 3.63) is 0 Å². The molecule has 0 aromatic heterocycles. The van der Waals surface area contributed by atoms with E-state index in [0.717, 1.165) is 0 Å². The Hall–Kier alpha value is -0.280. The van der Waals surface area contributed by atoms with Gasteiger partial charge in [-0.15, -0.1) is 0 Å². The molecule has 0 aliphatic carbocycles. The van der Waals surface area contributed by atoms with E-state index in [1.54, 1.807) is 18.7 Å². The predicted molar refractivity (Wildman–Crippen MR) is 71.9 cm³/mol. The highest BCUT2D eigenvalue weighted by molar-refractivity contribution is 4.54. The maximum atomic E-state index is 8.69. The molecule has 0 spiro atoms. The fourth-order valence-electron chi connectivity index (χ4n) is 1.12. The lowest BCUT2D eigenvalue weighted by Gasteiger charge is -2.17. The normalized spacial score (nSPS) is 13.9. The van der Waals surface area contributed by atoms with Crippen LogP contribution in [0.3, 0.4) is 0 Å². The summed E-state index contributed by atoms with van der Waals surface area (Å²) in [6, 6.07) is 0. The smallest absolute Gasteiger partial charge is 0.0779 e. The molecule has 0 aromatic carbocycles. The molecular formula is C12H29NO6. The first-order chi connectivity index (χ1) is 9.01. The standard InChI is InChI=1S/C6H15NO3.C6H14O3/c8-4-1-7(2-5-9)3-6-10;1-5(8)4-9-6(2)3-7/h8-10H,1-6H2;5-8H,3-4H2,1-2H3. The number of ether oxygens (including phenoxy) is 1. The van der Waals surface area contributed by atoms with Crippen LogP contribution in [0.4, 0.5) is 0 Å². The van der Waals surface area contributed by atoms with E-state index >= 15 is 0 Å². The van der Waals surface area contributed by atoms with Crippen molar-refractivity contribution in [3.63, 3.8) is 0 Å². The van der Waals surface area contributed by atoms with Crippen molar-refractivity contribution < 1.29 is 30.3 Å². The maximum absolute atomic E-state index is 8.69. The number of hydrogen-bond donors (Lipinski definition) is 5. The SMILES string of the molecule is CC(O)COC(C)CO.OCCN(CCO)CCO. The highest BCUT2D eigenvalue weighted by atomic mass is 16.5. The van der Waals surface area contributed by atoms with E-state index in [9.17, 15) is 0 Å². The largest absolute Gasteiger partial charge is 0.395 e. The molecule has 0 bridgehead atoms. The van der Waals surface area contributed by atoms with Gasteiger partial charge in [0.15, 0.2) is 0 Å². The topological polar surface area (TPSA) is 114 Å². The second-order valence-electron chi connectivity index (χ2n) is 4.19. The van der Waals surface area contributed by atoms with Gasteiger partial charge < -0.3 is 30.3 Å². The van der Waals surface area contributed by atoms with Gasteiger partial charge in [-0.1, -0.05) is 0 Å². The van der Waals surface area contributed by atoms with Gasteiger partial charge in [-0.05, 0) is 13.8 Å². The zero-order valence-corrected chi connectivity index (χ0v) is 11.9. The third-order valence-corrected chi connectivity index (χ3v) is 2.13. The van der Waals surface area contributed by atoms with Crippen molar-refractivity contribution in [1.29, 1.82) is 0 Å². The van der Waals surface area contributed by atoms with Crippen LogP contribution in [0.25, 0.3) is 0 Å². The van der Waals surface area contributed by atoms with Crippen LogP contribution < -0.4 is 0 Å². The Bertz CT molecular complexity index is 156. The minimum absolute atomic E-state index is 0.00667. The Morgan fingerprint density at radius 2 is 1.32 bits per heavy atom. The second kappa shape index (κ2) is 15.8. The van der Waals surface area contributed by atoms with E-state index in [1.807, 2.05) is 0 Å². The summed E-state index contributed by atoms with van der Waals surface area (Å²) in [6.07, 6.45) is -0.612.